The van der Waals surface area contributed by atoms with Crippen molar-refractivity contribution in [3.8, 4) is 5.75 Å². The van der Waals surface area contributed by atoms with Gasteiger partial charge in [0, 0.05) is 6.04 Å². The lowest BCUT2D eigenvalue weighted by molar-refractivity contribution is -0.142. The summed E-state index contributed by atoms with van der Waals surface area (Å²) in [5.41, 5.74) is 1.12. The van der Waals surface area contributed by atoms with Gasteiger partial charge in [-0.2, -0.15) is 0 Å². The molecule has 0 aliphatic heterocycles. The maximum Gasteiger partial charge on any atom is 0.306 e. The molecule has 1 aromatic rings. The highest BCUT2D eigenvalue weighted by molar-refractivity contribution is 5.78. The average molecular weight is 333 g/mol. The first-order valence-electron chi connectivity index (χ1n) is 8.75. The van der Waals surface area contributed by atoms with Crippen molar-refractivity contribution in [1.82, 2.24) is 5.32 Å². The van der Waals surface area contributed by atoms with Gasteiger partial charge in [-0.3, -0.25) is 9.59 Å². The van der Waals surface area contributed by atoms with Gasteiger partial charge in [-0.25, -0.2) is 0 Å². The van der Waals surface area contributed by atoms with Gasteiger partial charge in [0.2, 0.25) is 0 Å². The molecule has 2 rings (SSSR count). The van der Waals surface area contributed by atoms with Gasteiger partial charge in [-0.05, 0) is 49.7 Å². The molecule has 0 radical (unpaired) electrons. The Morgan fingerprint density at radius 2 is 1.92 bits per heavy atom. The summed E-state index contributed by atoms with van der Waals surface area (Å²) in [7, 11) is 0. The van der Waals surface area contributed by atoms with Crippen LogP contribution < -0.4 is 10.1 Å². The molecule has 0 saturated heterocycles. The van der Waals surface area contributed by atoms with Crippen molar-refractivity contribution in [1.29, 1.82) is 0 Å². The third kappa shape index (κ3) is 4.98. The zero-order chi connectivity index (χ0) is 17.5. The number of carboxylic acid groups (broad SMARTS) is 1. The largest absolute Gasteiger partial charge is 0.483 e. The Morgan fingerprint density at radius 1 is 1.25 bits per heavy atom. The first-order chi connectivity index (χ1) is 11.5. The molecule has 1 aliphatic rings. The highest BCUT2D eigenvalue weighted by atomic mass is 16.5. The van der Waals surface area contributed by atoms with E-state index in [1.807, 2.05) is 24.3 Å². The molecule has 5 nitrogen and oxygen atoms in total. The third-order valence-corrected chi connectivity index (χ3v) is 4.86. The zero-order valence-electron chi connectivity index (χ0n) is 14.5. The molecule has 132 valence electrons. The van der Waals surface area contributed by atoms with Gasteiger partial charge in [0.25, 0.3) is 5.91 Å². The molecule has 0 spiro atoms. The Kier molecular flexibility index (Phi) is 6.64. The van der Waals surface area contributed by atoms with Crippen LogP contribution in [-0.2, 0) is 9.59 Å². The van der Waals surface area contributed by atoms with Crippen molar-refractivity contribution in [2.45, 2.75) is 57.9 Å². The fourth-order valence-corrected chi connectivity index (χ4v) is 3.14. The number of ether oxygens (including phenoxy) is 1. The van der Waals surface area contributed by atoms with Crippen LogP contribution in [0.4, 0.5) is 0 Å². The number of hydrogen-bond acceptors (Lipinski definition) is 3. The van der Waals surface area contributed by atoms with Crippen LogP contribution in [-0.4, -0.2) is 29.6 Å². The van der Waals surface area contributed by atoms with Gasteiger partial charge in [0.15, 0.2) is 6.61 Å². The standard InChI is InChI=1S/C19H27NO4/c1-3-13(2)16-6-4-5-7-17(16)24-12-18(21)20-15-10-8-14(9-11-15)19(22)23/h4-7,13-15H,3,8-12H2,1-2H3,(H,20,21)(H,22,23). The lowest BCUT2D eigenvalue weighted by Gasteiger charge is -2.26. The van der Waals surface area contributed by atoms with Crippen LogP contribution in [0.15, 0.2) is 24.3 Å². The Balaban J connectivity index is 1.81. The molecule has 24 heavy (non-hydrogen) atoms. The maximum absolute atomic E-state index is 12.1. The fraction of sp³-hybridized carbons (Fsp3) is 0.579. The number of benzene rings is 1. The minimum atomic E-state index is -0.732. The second-order valence-corrected chi connectivity index (χ2v) is 6.59. The summed E-state index contributed by atoms with van der Waals surface area (Å²) in [6, 6.07) is 7.88. The second-order valence-electron chi connectivity index (χ2n) is 6.59. The first kappa shape index (κ1) is 18.3. The smallest absolute Gasteiger partial charge is 0.306 e. The van der Waals surface area contributed by atoms with E-state index < -0.39 is 5.97 Å². The van der Waals surface area contributed by atoms with E-state index in [-0.39, 0.29) is 24.5 Å². The summed E-state index contributed by atoms with van der Waals surface area (Å²) in [6.07, 6.45) is 3.69. The minimum Gasteiger partial charge on any atom is -0.483 e. The predicted molar refractivity (Wildman–Crippen MR) is 92.2 cm³/mol. The monoisotopic (exact) mass is 333 g/mol. The molecule has 1 amide bonds. The van der Waals surface area contributed by atoms with Crippen molar-refractivity contribution in [2.24, 2.45) is 5.92 Å². The lowest BCUT2D eigenvalue weighted by atomic mass is 9.86. The number of para-hydroxylation sites is 1. The number of nitrogens with one attached hydrogen (secondary N) is 1. The molecule has 0 bridgehead atoms. The number of carbonyl (C=O) groups is 2. The number of amides is 1. The molecule has 1 atom stereocenters. The number of hydrogen-bond donors (Lipinski definition) is 2. The van der Waals surface area contributed by atoms with Crippen LogP contribution in [0, 0.1) is 5.92 Å². The van der Waals surface area contributed by atoms with E-state index in [1.165, 1.54) is 0 Å². The molecule has 5 heteroatoms. The van der Waals surface area contributed by atoms with E-state index in [0.29, 0.717) is 31.6 Å². The van der Waals surface area contributed by atoms with Crippen LogP contribution in [0.2, 0.25) is 0 Å². The van der Waals surface area contributed by atoms with Gasteiger partial charge in [0.05, 0.1) is 5.92 Å². The Hall–Kier alpha value is -2.04. The molecule has 1 aliphatic carbocycles. The third-order valence-electron chi connectivity index (χ3n) is 4.86. The zero-order valence-corrected chi connectivity index (χ0v) is 14.5. The molecule has 1 fully saturated rings. The molecular formula is C19H27NO4. The van der Waals surface area contributed by atoms with Crippen molar-refractivity contribution in [2.75, 3.05) is 6.61 Å². The first-order valence-corrected chi connectivity index (χ1v) is 8.75. The fourth-order valence-electron chi connectivity index (χ4n) is 3.14. The molecular weight excluding hydrogens is 306 g/mol. The summed E-state index contributed by atoms with van der Waals surface area (Å²) >= 11 is 0. The molecule has 1 aromatic carbocycles. The van der Waals surface area contributed by atoms with Gasteiger partial charge in [0.1, 0.15) is 5.75 Å². The predicted octanol–water partition coefficient (Wildman–Crippen LogP) is 3.34. The topological polar surface area (TPSA) is 75.6 Å². The molecule has 1 saturated carbocycles. The van der Waals surface area contributed by atoms with E-state index in [4.69, 9.17) is 9.84 Å². The van der Waals surface area contributed by atoms with Crippen LogP contribution in [0.1, 0.15) is 57.4 Å². The SMILES string of the molecule is CCC(C)c1ccccc1OCC(=O)NC1CCC(C(=O)O)CC1. The lowest BCUT2D eigenvalue weighted by Crippen LogP contribution is -2.41. The molecule has 1 unspecified atom stereocenters. The summed E-state index contributed by atoms with van der Waals surface area (Å²) in [6.45, 7) is 4.26. The molecule has 2 N–H and O–H groups in total. The van der Waals surface area contributed by atoms with E-state index in [0.717, 1.165) is 17.7 Å². The van der Waals surface area contributed by atoms with Gasteiger partial charge in [-0.1, -0.05) is 32.0 Å². The second kappa shape index (κ2) is 8.71. The highest BCUT2D eigenvalue weighted by Crippen LogP contribution is 2.28. The summed E-state index contributed by atoms with van der Waals surface area (Å²) in [4.78, 5) is 23.0. The normalized spacial score (nSPS) is 21.8. The number of carboxylic acids is 1. The number of rotatable bonds is 7. The van der Waals surface area contributed by atoms with Gasteiger partial charge in [-0.15, -0.1) is 0 Å². The van der Waals surface area contributed by atoms with Crippen molar-refractivity contribution in [3.63, 3.8) is 0 Å². The van der Waals surface area contributed by atoms with Crippen LogP contribution in [0.3, 0.4) is 0 Å². The summed E-state index contributed by atoms with van der Waals surface area (Å²) in [5, 5.41) is 12.0. The van der Waals surface area contributed by atoms with Crippen LogP contribution >= 0.6 is 0 Å². The summed E-state index contributed by atoms with van der Waals surface area (Å²) < 4.78 is 5.72. The Morgan fingerprint density at radius 3 is 2.54 bits per heavy atom. The van der Waals surface area contributed by atoms with Crippen molar-refractivity contribution < 1.29 is 19.4 Å². The highest BCUT2D eigenvalue weighted by Gasteiger charge is 2.26. The van der Waals surface area contributed by atoms with Crippen molar-refractivity contribution >= 4 is 11.9 Å². The molecule has 0 aromatic heterocycles. The number of aliphatic carboxylic acids is 1. The minimum absolute atomic E-state index is 0.00763. The van der Waals surface area contributed by atoms with Crippen molar-refractivity contribution in [3.05, 3.63) is 29.8 Å². The summed E-state index contributed by atoms with van der Waals surface area (Å²) in [5.74, 6) is 0.00134. The quantitative estimate of drug-likeness (QED) is 0.802. The van der Waals surface area contributed by atoms with E-state index >= 15 is 0 Å². The van der Waals surface area contributed by atoms with E-state index in [9.17, 15) is 9.59 Å². The van der Waals surface area contributed by atoms with Gasteiger partial charge >= 0.3 is 5.97 Å². The van der Waals surface area contributed by atoms with E-state index in [1.54, 1.807) is 0 Å². The maximum atomic E-state index is 12.1. The van der Waals surface area contributed by atoms with Crippen LogP contribution in [0.25, 0.3) is 0 Å². The van der Waals surface area contributed by atoms with Crippen LogP contribution in [0.5, 0.6) is 5.75 Å². The van der Waals surface area contributed by atoms with Gasteiger partial charge < -0.3 is 15.2 Å². The number of carbonyl (C=O) groups excluding carboxylic acids is 1. The molecule has 0 heterocycles. The average Bonchev–Trinajstić information content (AvgIpc) is 2.60. The van der Waals surface area contributed by atoms with E-state index in [2.05, 4.69) is 19.2 Å². The Labute approximate surface area is 143 Å². The Bertz CT molecular complexity index is 564.